The second kappa shape index (κ2) is 4.62. The zero-order valence-corrected chi connectivity index (χ0v) is 11.2. The van der Waals surface area contributed by atoms with Gasteiger partial charge >= 0.3 is 0 Å². The van der Waals surface area contributed by atoms with Crippen LogP contribution in [0.15, 0.2) is 30.5 Å². The van der Waals surface area contributed by atoms with E-state index in [0.717, 1.165) is 23.1 Å². The molecular formula is C13H13FN4S. The summed E-state index contributed by atoms with van der Waals surface area (Å²) in [6.07, 6.45) is 2.57. The molecule has 0 saturated carbocycles. The fraction of sp³-hybridized carbons (Fsp3) is 0.231. The van der Waals surface area contributed by atoms with Gasteiger partial charge in [0.1, 0.15) is 5.82 Å². The molecule has 0 radical (unpaired) electrons. The Morgan fingerprint density at radius 1 is 1.37 bits per heavy atom. The van der Waals surface area contributed by atoms with Crippen LogP contribution in [0.1, 0.15) is 5.69 Å². The second-order valence-electron chi connectivity index (χ2n) is 4.44. The van der Waals surface area contributed by atoms with Crippen molar-refractivity contribution in [2.45, 2.75) is 13.0 Å². The molecule has 0 aliphatic carbocycles. The summed E-state index contributed by atoms with van der Waals surface area (Å²) in [5.41, 5.74) is 2.77. The third-order valence-electron chi connectivity index (χ3n) is 3.25. The number of hydrogen-bond acceptors (Lipinski definition) is 2. The second-order valence-corrected chi connectivity index (χ2v) is 4.83. The summed E-state index contributed by atoms with van der Waals surface area (Å²) in [6, 6.07) is 6.62. The summed E-state index contributed by atoms with van der Waals surface area (Å²) in [4.78, 5) is 3.09. The lowest BCUT2D eigenvalue weighted by molar-refractivity contribution is 0.623. The number of rotatable bonds is 3. The van der Waals surface area contributed by atoms with Crippen molar-refractivity contribution < 1.29 is 4.39 Å². The van der Waals surface area contributed by atoms with Crippen molar-refractivity contribution in [1.82, 2.24) is 19.3 Å². The molecule has 3 aromatic rings. The summed E-state index contributed by atoms with van der Waals surface area (Å²) in [5, 5.41) is 4.13. The average Bonchev–Trinajstić information content (AvgIpc) is 2.90. The van der Waals surface area contributed by atoms with Crippen molar-refractivity contribution in [1.29, 1.82) is 0 Å². The lowest BCUT2D eigenvalue weighted by atomic mass is 10.3. The smallest absolute Gasteiger partial charge is 0.178 e. The van der Waals surface area contributed by atoms with Gasteiger partial charge in [0.25, 0.3) is 0 Å². The van der Waals surface area contributed by atoms with Crippen molar-refractivity contribution in [2.24, 2.45) is 7.05 Å². The van der Waals surface area contributed by atoms with Gasteiger partial charge in [-0.2, -0.15) is 5.10 Å². The summed E-state index contributed by atoms with van der Waals surface area (Å²) < 4.78 is 17.7. The molecule has 1 aromatic carbocycles. The minimum Gasteiger partial charge on any atom is -0.331 e. The van der Waals surface area contributed by atoms with E-state index in [0.29, 0.717) is 11.3 Å². The van der Waals surface area contributed by atoms with Gasteiger partial charge in [0, 0.05) is 31.9 Å². The fourth-order valence-electron chi connectivity index (χ4n) is 2.22. The van der Waals surface area contributed by atoms with E-state index in [9.17, 15) is 4.39 Å². The van der Waals surface area contributed by atoms with E-state index in [2.05, 4.69) is 10.1 Å². The largest absolute Gasteiger partial charge is 0.331 e. The number of halogens is 1. The lowest BCUT2D eigenvalue weighted by Crippen LogP contribution is -2.05. The highest BCUT2D eigenvalue weighted by Crippen LogP contribution is 2.16. The van der Waals surface area contributed by atoms with Crippen LogP contribution in [-0.2, 0) is 20.0 Å². The van der Waals surface area contributed by atoms with E-state index in [1.165, 1.54) is 12.1 Å². The highest BCUT2D eigenvalue weighted by molar-refractivity contribution is 7.71. The van der Waals surface area contributed by atoms with Crippen LogP contribution in [0.5, 0.6) is 0 Å². The Bertz CT molecular complexity index is 783. The Kier molecular flexibility index (Phi) is 2.94. The first-order valence-electron chi connectivity index (χ1n) is 6.00. The molecule has 0 amide bonds. The van der Waals surface area contributed by atoms with Crippen LogP contribution in [0.4, 0.5) is 4.39 Å². The molecule has 19 heavy (non-hydrogen) atoms. The average molecular weight is 276 g/mol. The number of nitrogens with zero attached hydrogens (tertiary/aromatic N) is 3. The van der Waals surface area contributed by atoms with Crippen LogP contribution in [0, 0.1) is 10.6 Å². The molecule has 0 saturated heterocycles. The van der Waals surface area contributed by atoms with Crippen LogP contribution in [0.25, 0.3) is 11.0 Å². The van der Waals surface area contributed by atoms with Gasteiger partial charge in [-0.3, -0.25) is 4.68 Å². The minimum atomic E-state index is -0.254. The van der Waals surface area contributed by atoms with Gasteiger partial charge < -0.3 is 9.55 Å². The van der Waals surface area contributed by atoms with Gasteiger partial charge in [-0.25, -0.2) is 4.39 Å². The lowest BCUT2D eigenvalue weighted by Gasteiger charge is -2.05. The molecule has 0 bridgehead atoms. The van der Waals surface area contributed by atoms with Gasteiger partial charge in [0.05, 0.1) is 11.0 Å². The van der Waals surface area contributed by atoms with Gasteiger partial charge in [-0.1, -0.05) is 0 Å². The molecule has 0 unspecified atom stereocenters. The third kappa shape index (κ3) is 2.19. The number of nitrogens with one attached hydrogen (secondary N) is 1. The van der Waals surface area contributed by atoms with Crippen molar-refractivity contribution in [3.8, 4) is 0 Å². The normalized spacial score (nSPS) is 11.3. The van der Waals surface area contributed by atoms with E-state index in [1.807, 2.05) is 22.4 Å². The van der Waals surface area contributed by atoms with E-state index in [-0.39, 0.29) is 5.82 Å². The van der Waals surface area contributed by atoms with Crippen molar-refractivity contribution in [2.75, 3.05) is 0 Å². The summed E-state index contributed by atoms with van der Waals surface area (Å²) >= 11 is 5.29. The maximum Gasteiger partial charge on any atom is 0.178 e. The Morgan fingerprint density at radius 2 is 2.21 bits per heavy atom. The molecule has 0 fully saturated rings. The Balaban J connectivity index is 1.96. The molecule has 2 heterocycles. The molecule has 98 valence electrons. The summed E-state index contributed by atoms with van der Waals surface area (Å²) in [6.45, 7) is 0.696. The van der Waals surface area contributed by atoms with E-state index >= 15 is 0 Å². The fourth-order valence-corrected chi connectivity index (χ4v) is 2.52. The standard InChI is InChI=1S/C13H13FN4S/c1-17-10(4-6-15-17)5-7-18-12-8-9(14)2-3-11(12)16-13(18)19/h2-4,6,8H,5,7H2,1H3,(H,16,19). The first-order chi connectivity index (χ1) is 9.15. The number of benzene rings is 1. The molecule has 3 rings (SSSR count). The summed E-state index contributed by atoms with van der Waals surface area (Å²) in [7, 11) is 1.91. The Labute approximate surface area is 114 Å². The van der Waals surface area contributed by atoms with Gasteiger partial charge in [-0.05, 0) is 36.5 Å². The maximum absolute atomic E-state index is 13.3. The molecule has 2 aromatic heterocycles. The number of aryl methyl sites for hydroxylation is 3. The van der Waals surface area contributed by atoms with Crippen molar-refractivity contribution >= 4 is 23.3 Å². The molecule has 0 spiro atoms. The minimum absolute atomic E-state index is 0.254. The quantitative estimate of drug-likeness (QED) is 0.747. The highest BCUT2D eigenvalue weighted by atomic mass is 32.1. The molecule has 0 aliphatic rings. The van der Waals surface area contributed by atoms with Crippen molar-refractivity contribution in [3.63, 3.8) is 0 Å². The predicted molar refractivity (Wildman–Crippen MR) is 74.0 cm³/mol. The summed E-state index contributed by atoms with van der Waals surface area (Å²) in [5.74, 6) is -0.254. The number of aromatic nitrogens is 4. The van der Waals surface area contributed by atoms with Crippen LogP contribution in [-0.4, -0.2) is 19.3 Å². The van der Waals surface area contributed by atoms with Gasteiger partial charge in [0.2, 0.25) is 0 Å². The van der Waals surface area contributed by atoms with E-state index in [4.69, 9.17) is 12.2 Å². The Hall–Kier alpha value is -1.95. The molecular weight excluding hydrogens is 263 g/mol. The monoisotopic (exact) mass is 276 g/mol. The molecule has 0 atom stereocenters. The Morgan fingerprint density at radius 3 is 2.95 bits per heavy atom. The number of imidazole rings is 1. The maximum atomic E-state index is 13.3. The molecule has 0 aliphatic heterocycles. The highest BCUT2D eigenvalue weighted by Gasteiger charge is 2.06. The topological polar surface area (TPSA) is 38.5 Å². The SMILES string of the molecule is Cn1nccc1CCn1c(=S)[nH]c2ccc(F)cc21. The zero-order chi connectivity index (χ0) is 13.4. The predicted octanol–water partition coefficient (Wildman–Crippen LogP) is 2.81. The number of aromatic amines is 1. The van der Waals surface area contributed by atoms with Crippen LogP contribution in [0.2, 0.25) is 0 Å². The van der Waals surface area contributed by atoms with Gasteiger partial charge in [-0.15, -0.1) is 0 Å². The molecule has 6 heteroatoms. The first-order valence-corrected chi connectivity index (χ1v) is 6.41. The molecule has 4 nitrogen and oxygen atoms in total. The number of hydrogen-bond donors (Lipinski definition) is 1. The number of H-pyrrole nitrogens is 1. The first kappa shape index (κ1) is 12.1. The van der Waals surface area contributed by atoms with Crippen molar-refractivity contribution in [3.05, 3.63) is 46.7 Å². The van der Waals surface area contributed by atoms with Gasteiger partial charge in [0.15, 0.2) is 4.77 Å². The van der Waals surface area contributed by atoms with Crippen LogP contribution >= 0.6 is 12.2 Å². The number of fused-ring (bicyclic) bond motifs is 1. The van der Waals surface area contributed by atoms with E-state index in [1.54, 1.807) is 12.3 Å². The van der Waals surface area contributed by atoms with Crippen LogP contribution in [0.3, 0.4) is 0 Å². The van der Waals surface area contributed by atoms with Crippen LogP contribution < -0.4 is 0 Å². The molecule has 1 N–H and O–H groups in total. The van der Waals surface area contributed by atoms with E-state index < -0.39 is 0 Å². The third-order valence-corrected chi connectivity index (χ3v) is 3.57. The zero-order valence-electron chi connectivity index (χ0n) is 10.4.